The monoisotopic (exact) mass is 356 g/mol. The van der Waals surface area contributed by atoms with E-state index >= 15 is 0 Å². The fourth-order valence-electron chi connectivity index (χ4n) is 2.10. The van der Waals surface area contributed by atoms with Crippen molar-refractivity contribution < 1.29 is 9.47 Å². The molecule has 24 heavy (non-hydrogen) atoms. The highest BCUT2D eigenvalue weighted by Gasteiger charge is 2.04. The quantitative estimate of drug-likeness (QED) is 0.596. The van der Waals surface area contributed by atoms with E-state index in [4.69, 9.17) is 26.3 Å². The maximum Gasteiger partial charge on any atom is 0.138 e. The molecule has 0 aliphatic heterocycles. The van der Waals surface area contributed by atoms with Crippen molar-refractivity contribution in [2.75, 3.05) is 13.2 Å². The molecule has 4 nitrogen and oxygen atoms in total. The molecule has 0 aliphatic rings. The van der Waals surface area contributed by atoms with Crippen molar-refractivity contribution in [3.63, 3.8) is 0 Å². The number of halogens is 1. The number of thiazole rings is 1. The molecule has 0 atom stereocenters. The average molecular weight is 357 g/mol. The highest BCUT2D eigenvalue weighted by atomic mass is 35.5. The Morgan fingerprint density at radius 3 is 2.75 bits per heavy atom. The summed E-state index contributed by atoms with van der Waals surface area (Å²) in [5, 5.41) is 9.23. The molecule has 2 aromatic carbocycles. The number of benzene rings is 2. The summed E-state index contributed by atoms with van der Waals surface area (Å²) in [5.74, 6) is 1.31. The average Bonchev–Trinajstić information content (AvgIpc) is 3.14. The summed E-state index contributed by atoms with van der Waals surface area (Å²) in [5.41, 5.74) is 3.38. The zero-order valence-electron chi connectivity index (χ0n) is 12.6. The molecule has 0 radical (unpaired) electrons. The third-order valence-electron chi connectivity index (χ3n) is 3.22. The molecule has 0 spiro atoms. The van der Waals surface area contributed by atoms with Gasteiger partial charge in [-0.3, -0.25) is 4.98 Å². The molecule has 0 bridgehead atoms. The topological polar surface area (TPSA) is 55.1 Å². The van der Waals surface area contributed by atoms with Crippen LogP contribution in [0.1, 0.15) is 5.56 Å². The molecule has 0 saturated heterocycles. The summed E-state index contributed by atoms with van der Waals surface area (Å²) >= 11 is 7.65. The minimum Gasteiger partial charge on any atom is -0.490 e. The van der Waals surface area contributed by atoms with Gasteiger partial charge in [-0.25, -0.2) is 0 Å². The molecule has 1 aromatic heterocycles. The van der Waals surface area contributed by atoms with Crippen LogP contribution in [0.3, 0.4) is 0 Å². The van der Waals surface area contributed by atoms with E-state index in [1.54, 1.807) is 35.0 Å². The summed E-state index contributed by atoms with van der Waals surface area (Å²) in [7, 11) is 0. The van der Waals surface area contributed by atoms with Gasteiger partial charge in [-0.2, -0.15) is 5.26 Å². The molecule has 0 aliphatic carbocycles. The van der Waals surface area contributed by atoms with Crippen LogP contribution in [0.25, 0.3) is 10.4 Å². The Bertz CT molecular complexity index is 860. The second-order valence-corrected chi connectivity index (χ2v) is 6.14. The lowest BCUT2D eigenvalue weighted by Crippen LogP contribution is -2.09. The molecule has 6 heteroatoms. The van der Waals surface area contributed by atoms with Gasteiger partial charge in [0.15, 0.2) is 0 Å². The van der Waals surface area contributed by atoms with Gasteiger partial charge in [0.2, 0.25) is 0 Å². The smallest absolute Gasteiger partial charge is 0.138 e. The van der Waals surface area contributed by atoms with Crippen LogP contribution in [0.2, 0.25) is 5.02 Å². The molecule has 0 amide bonds. The van der Waals surface area contributed by atoms with Gasteiger partial charge in [0.25, 0.3) is 0 Å². The Kier molecular flexibility index (Phi) is 5.32. The first-order valence-corrected chi connectivity index (χ1v) is 8.46. The number of nitriles is 1. The van der Waals surface area contributed by atoms with Crippen molar-refractivity contribution in [1.82, 2.24) is 4.98 Å². The Hall–Kier alpha value is -2.55. The molecular weight excluding hydrogens is 344 g/mol. The highest BCUT2D eigenvalue weighted by molar-refractivity contribution is 7.13. The summed E-state index contributed by atoms with van der Waals surface area (Å²) in [6, 6.07) is 14.8. The Morgan fingerprint density at radius 1 is 1.12 bits per heavy atom. The van der Waals surface area contributed by atoms with E-state index in [-0.39, 0.29) is 0 Å². The summed E-state index contributed by atoms with van der Waals surface area (Å²) in [6.07, 6.45) is 1.83. The minimum absolute atomic E-state index is 0.358. The highest BCUT2D eigenvalue weighted by Crippen LogP contribution is 2.27. The van der Waals surface area contributed by atoms with Crippen LogP contribution in [-0.4, -0.2) is 18.2 Å². The fourth-order valence-corrected chi connectivity index (χ4v) is 2.95. The number of ether oxygens (including phenoxy) is 2. The van der Waals surface area contributed by atoms with Crippen LogP contribution < -0.4 is 9.47 Å². The second-order valence-electron chi connectivity index (χ2n) is 4.85. The lowest BCUT2D eigenvalue weighted by atomic mass is 10.2. The Balaban J connectivity index is 1.54. The van der Waals surface area contributed by atoms with Crippen molar-refractivity contribution in [3.05, 3.63) is 64.8 Å². The van der Waals surface area contributed by atoms with Crippen molar-refractivity contribution in [2.45, 2.75) is 0 Å². The van der Waals surface area contributed by atoms with Crippen LogP contribution in [0.4, 0.5) is 0 Å². The molecule has 0 fully saturated rings. The molecule has 1 heterocycles. The fraction of sp³-hybridized carbons (Fsp3) is 0.111. The van der Waals surface area contributed by atoms with Crippen molar-refractivity contribution in [2.24, 2.45) is 0 Å². The predicted molar refractivity (Wildman–Crippen MR) is 94.7 cm³/mol. The Morgan fingerprint density at radius 2 is 2.00 bits per heavy atom. The van der Waals surface area contributed by atoms with E-state index in [0.29, 0.717) is 29.5 Å². The normalized spacial score (nSPS) is 10.2. The third kappa shape index (κ3) is 4.05. The number of hydrogen-bond acceptors (Lipinski definition) is 5. The first-order chi connectivity index (χ1) is 11.8. The van der Waals surface area contributed by atoms with Gasteiger partial charge >= 0.3 is 0 Å². The van der Waals surface area contributed by atoms with E-state index in [1.807, 2.05) is 36.5 Å². The van der Waals surface area contributed by atoms with Gasteiger partial charge < -0.3 is 9.47 Å². The maximum absolute atomic E-state index is 8.81. The van der Waals surface area contributed by atoms with Crippen LogP contribution in [-0.2, 0) is 0 Å². The maximum atomic E-state index is 8.81. The lowest BCUT2D eigenvalue weighted by molar-refractivity contribution is 0.217. The van der Waals surface area contributed by atoms with E-state index in [2.05, 4.69) is 4.98 Å². The van der Waals surface area contributed by atoms with Crippen LogP contribution in [0.15, 0.2) is 54.2 Å². The van der Waals surface area contributed by atoms with Crippen molar-refractivity contribution in [3.8, 4) is 28.0 Å². The summed E-state index contributed by atoms with van der Waals surface area (Å²) < 4.78 is 11.3. The van der Waals surface area contributed by atoms with E-state index < -0.39 is 0 Å². The number of aromatic nitrogens is 1. The number of rotatable bonds is 6. The van der Waals surface area contributed by atoms with Gasteiger partial charge in [-0.1, -0.05) is 23.7 Å². The SMILES string of the molecule is N#Cc1ccc(OCCOc2cccc(-c3cncs3)c2)c(Cl)c1. The molecule has 0 unspecified atom stereocenters. The number of nitrogens with zero attached hydrogens (tertiary/aromatic N) is 2. The summed E-state index contributed by atoms with van der Waals surface area (Å²) in [6.45, 7) is 0.749. The Labute approximate surface area is 148 Å². The van der Waals surface area contributed by atoms with Gasteiger partial charge in [0.05, 0.1) is 27.0 Å². The van der Waals surface area contributed by atoms with Gasteiger partial charge in [-0.05, 0) is 35.9 Å². The molecule has 0 N–H and O–H groups in total. The van der Waals surface area contributed by atoms with E-state index in [1.165, 1.54) is 0 Å². The first kappa shape index (κ1) is 16.3. The standard InChI is InChI=1S/C18H13ClN2O2S/c19-16-8-13(10-20)4-5-17(16)23-7-6-22-15-3-1-2-14(9-15)18-11-21-12-24-18/h1-5,8-9,11-12H,6-7H2. The molecular formula is C18H13ClN2O2S. The predicted octanol–water partition coefficient (Wildman–Crippen LogP) is 4.79. The van der Waals surface area contributed by atoms with E-state index in [0.717, 1.165) is 16.2 Å². The van der Waals surface area contributed by atoms with E-state index in [9.17, 15) is 0 Å². The van der Waals surface area contributed by atoms with Crippen LogP contribution in [0, 0.1) is 11.3 Å². The van der Waals surface area contributed by atoms with Gasteiger partial charge in [0, 0.05) is 6.20 Å². The van der Waals surface area contributed by atoms with Gasteiger partial charge in [-0.15, -0.1) is 11.3 Å². The molecule has 3 aromatic rings. The third-order valence-corrected chi connectivity index (χ3v) is 4.34. The molecule has 120 valence electrons. The number of hydrogen-bond donors (Lipinski definition) is 0. The zero-order chi connectivity index (χ0) is 16.8. The van der Waals surface area contributed by atoms with Gasteiger partial charge in [0.1, 0.15) is 24.7 Å². The molecule has 0 saturated carbocycles. The van der Waals surface area contributed by atoms with Crippen molar-refractivity contribution >= 4 is 22.9 Å². The summed E-state index contributed by atoms with van der Waals surface area (Å²) in [4.78, 5) is 5.18. The van der Waals surface area contributed by atoms with Crippen LogP contribution in [0.5, 0.6) is 11.5 Å². The minimum atomic E-state index is 0.358. The largest absolute Gasteiger partial charge is 0.490 e. The zero-order valence-corrected chi connectivity index (χ0v) is 14.2. The molecule has 3 rings (SSSR count). The van der Waals surface area contributed by atoms with Crippen LogP contribution >= 0.6 is 22.9 Å². The second kappa shape index (κ2) is 7.82. The lowest BCUT2D eigenvalue weighted by Gasteiger charge is -2.10. The first-order valence-electron chi connectivity index (χ1n) is 7.20. The van der Waals surface area contributed by atoms with Crippen molar-refractivity contribution in [1.29, 1.82) is 5.26 Å².